The number of aryl methyl sites for hydroxylation is 1. The summed E-state index contributed by atoms with van der Waals surface area (Å²) in [6.07, 6.45) is -2.00. The highest BCUT2D eigenvalue weighted by Gasteiger charge is 2.31. The molecular formula is C14H15F4N3. The van der Waals surface area contributed by atoms with Crippen LogP contribution in [0.5, 0.6) is 0 Å². The number of hydrogen-bond donors (Lipinski definition) is 1. The Kier molecular flexibility index (Phi) is 4.50. The number of alkyl halides is 3. The summed E-state index contributed by atoms with van der Waals surface area (Å²) in [6.45, 7) is 2.90. The van der Waals surface area contributed by atoms with Gasteiger partial charge >= 0.3 is 6.18 Å². The second kappa shape index (κ2) is 6.15. The highest BCUT2D eigenvalue weighted by atomic mass is 19.4. The first-order valence-corrected chi connectivity index (χ1v) is 6.53. The predicted octanol–water partition coefficient (Wildman–Crippen LogP) is 4.06. The molecule has 1 N–H and O–H groups in total. The fourth-order valence-corrected chi connectivity index (χ4v) is 1.95. The molecule has 3 nitrogen and oxygen atoms in total. The Hall–Kier alpha value is -2.05. The Morgan fingerprint density at radius 3 is 2.67 bits per heavy atom. The van der Waals surface area contributed by atoms with Crippen LogP contribution in [0, 0.1) is 5.82 Å². The van der Waals surface area contributed by atoms with E-state index in [9.17, 15) is 17.6 Å². The number of halogens is 4. The molecule has 0 aliphatic heterocycles. The normalized spacial score (nSPS) is 11.7. The van der Waals surface area contributed by atoms with Crippen LogP contribution in [0.3, 0.4) is 0 Å². The molecule has 0 spiro atoms. The maximum absolute atomic E-state index is 13.6. The fraction of sp³-hybridized carbons (Fsp3) is 0.357. The largest absolute Gasteiger partial charge is 0.416 e. The molecule has 0 aliphatic carbocycles. The molecule has 0 bridgehead atoms. The molecule has 0 unspecified atom stereocenters. The molecule has 114 valence electrons. The molecule has 0 aliphatic rings. The van der Waals surface area contributed by atoms with Gasteiger partial charge in [0.1, 0.15) is 5.82 Å². The van der Waals surface area contributed by atoms with Crippen LogP contribution in [-0.4, -0.2) is 9.78 Å². The summed E-state index contributed by atoms with van der Waals surface area (Å²) in [6, 6.07) is 4.06. The molecule has 7 heteroatoms. The van der Waals surface area contributed by atoms with Gasteiger partial charge in [0.05, 0.1) is 23.5 Å². The van der Waals surface area contributed by atoms with Crippen molar-refractivity contribution in [3.05, 3.63) is 47.5 Å². The van der Waals surface area contributed by atoms with Crippen molar-refractivity contribution in [3.63, 3.8) is 0 Å². The Labute approximate surface area is 119 Å². The molecule has 0 saturated heterocycles. The summed E-state index contributed by atoms with van der Waals surface area (Å²) >= 11 is 0. The average Bonchev–Trinajstić information content (AvgIpc) is 2.84. The van der Waals surface area contributed by atoms with Crippen LogP contribution in [0.4, 0.5) is 23.2 Å². The topological polar surface area (TPSA) is 29.9 Å². The lowest BCUT2D eigenvalue weighted by Gasteiger charge is -2.12. The fourth-order valence-electron chi connectivity index (χ4n) is 1.95. The highest BCUT2D eigenvalue weighted by Crippen LogP contribution is 2.31. The summed E-state index contributed by atoms with van der Waals surface area (Å²) in [5, 5.41) is 6.79. The maximum Gasteiger partial charge on any atom is 0.416 e. The molecule has 1 heterocycles. The number of hydrogen-bond acceptors (Lipinski definition) is 2. The predicted molar refractivity (Wildman–Crippen MR) is 71.2 cm³/mol. The van der Waals surface area contributed by atoms with Gasteiger partial charge in [-0.3, -0.25) is 4.68 Å². The number of anilines is 1. The van der Waals surface area contributed by atoms with Gasteiger partial charge in [-0.05, 0) is 30.7 Å². The van der Waals surface area contributed by atoms with E-state index in [0.717, 1.165) is 30.3 Å². The lowest BCUT2D eigenvalue weighted by molar-refractivity contribution is -0.137. The van der Waals surface area contributed by atoms with Gasteiger partial charge in [-0.2, -0.15) is 18.3 Å². The van der Waals surface area contributed by atoms with Gasteiger partial charge in [-0.25, -0.2) is 4.39 Å². The monoisotopic (exact) mass is 301 g/mol. The van der Waals surface area contributed by atoms with Crippen molar-refractivity contribution in [2.75, 3.05) is 5.32 Å². The van der Waals surface area contributed by atoms with Crippen LogP contribution < -0.4 is 5.32 Å². The average molecular weight is 301 g/mol. The first kappa shape index (κ1) is 15.3. The van der Waals surface area contributed by atoms with Gasteiger partial charge in [0.15, 0.2) is 0 Å². The van der Waals surface area contributed by atoms with Crippen LogP contribution in [0.1, 0.15) is 24.6 Å². The molecule has 0 amide bonds. The Bertz CT molecular complexity index is 605. The number of nitrogens with zero attached hydrogens (tertiary/aromatic N) is 2. The van der Waals surface area contributed by atoms with Crippen molar-refractivity contribution in [3.8, 4) is 0 Å². The Morgan fingerprint density at radius 1 is 1.24 bits per heavy atom. The molecule has 0 saturated carbocycles. The molecule has 2 rings (SSSR count). The van der Waals surface area contributed by atoms with Crippen molar-refractivity contribution >= 4 is 5.69 Å². The summed E-state index contributed by atoms with van der Waals surface area (Å²) in [7, 11) is 0. The SMILES string of the molecule is CCCn1nccc1CNc1cc(C(F)(F)F)ccc1F. The van der Waals surface area contributed by atoms with Crippen LogP contribution >= 0.6 is 0 Å². The van der Waals surface area contributed by atoms with E-state index >= 15 is 0 Å². The zero-order chi connectivity index (χ0) is 15.5. The van der Waals surface area contributed by atoms with Gasteiger partial charge in [0.2, 0.25) is 0 Å². The van der Waals surface area contributed by atoms with Crippen molar-refractivity contribution in [2.24, 2.45) is 0 Å². The second-order valence-electron chi connectivity index (χ2n) is 4.59. The number of aromatic nitrogens is 2. The van der Waals surface area contributed by atoms with E-state index in [1.807, 2.05) is 6.92 Å². The molecule has 21 heavy (non-hydrogen) atoms. The second-order valence-corrected chi connectivity index (χ2v) is 4.59. The van der Waals surface area contributed by atoms with E-state index in [2.05, 4.69) is 10.4 Å². The van der Waals surface area contributed by atoms with Crippen LogP contribution in [-0.2, 0) is 19.3 Å². The summed E-state index contributed by atoms with van der Waals surface area (Å²) in [4.78, 5) is 0. The molecule has 2 aromatic rings. The van der Waals surface area contributed by atoms with Gasteiger partial charge in [0.25, 0.3) is 0 Å². The van der Waals surface area contributed by atoms with Crippen molar-refractivity contribution in [2.45, 2.75) is 32.6 Å². The number of benzene rings is 1. The minimum absolute atomic E-state index is 0.172. The van der Waals surface area contributed by atoms with E-state index in [1.165, 1.54) is 0 Å². The quantitative estimate of drug-likeness (QED) is 0.844. The lowest BCUT2D eigenvalue weighted by atomic mass is 10.2. The minimum Gasteiger partial charge on any atom is -0.377 e. The molecule has 0 radical (unpaired) electrons. The number of rotatable bonds is 5. The third-order valence-corrected chi connectivity index (χ3v) is 2.99. The van der Waals surface area contributed by atoms with Gasteiger partial charge in [0, 0.05) is 12.7 Å². The molecule has 1 aromatic heterocycles. The summed E-state index contributed by atoms with van der Waals surface area (Å²) in [5.41, 5.74) is -0.267. The number of nitrogens with one attached hydrogen (secondary N) is 1. The highest BCUT2D eigenvalue weighted by molar-refractivity contribution is 5.48. The van der Waals surface area contributed by atoms with Gasteiger partial charge < -0.3 is 5.32 Å². The maximum atomic E-state index is 13.6. The molecule has 0 fully saturated rings. The zero-order valence-electron chi connectivity index (χ0n) is 11.4. The van der Waals surface area contributed by atoms with Crippen molar-refractivity contribution in [1.29, 1.82) is 0 Å². The Balaban J connectivity index is 2.14. The van der Waals surface area contributed by atoms with E-state index in [0.29, 0.717) is 6.54 Å². The molecule has 0 atom stereocenters. The summed E-state index contributed by atoms with van der Waals surface area (Å²) < 4.78 is 53.2. The van der Waals surface area contributed by atoms with Crippen LogP contribution in [0.15, 0.2) is 30.5 Å². The third kappa shape index (κ3) is 3.74. The standard InChI is InChI=1S/C14H15F4N3/c1-2-7-21-11(5-6-20-21)9-19-13-8-10(14(16,17)18)3-4-12(13)15/h3-6,8,19H,2,7,9H2,1H3. The van der Waals surface area contributed by atoms with Gasteiger partial charge in [-0.1, -0.05) is 6.92 Å². The van der Waals surface area contributed by atoms with Crippen molar-refractivity contribution in [1.82, 2.24) is 9.78 Å². The molecule has 1 aromatic carbocycles. The van der Waals surface area contributed by atoms with Crippen LogP contribution in [0.25, 0.3) is 0 Å². The Morgan fingerprint density at radius 2 is 2.00 bits per heavy atom. The van der Waals surface area contributed by atoms with Crippen molar-refractivity contribution < 1.29 is 17.6 Å². The molecular weight excluding hydrogens is 286 g/mol. The minimum atomic E-state index is -4.49. The van der Waals surface area contributed by atoms with E-state index in [4.69, 9.17) is 0 Å². The van der Waals surface area contributed by atoms with E-state index in [-0.39, 0.29) is 12.2 Å². The van der Waals surface area contributed by atoms with Gasteiger partial charge in [-0.15, -0.1) is 0 Å². The zero-order valence-corrected chi connectivity index (χ0v) is 11.4. The van der Waals surface area contributed by atoms with Crippen LogP contribution in [0.2, 0.25) is 0 Å². The smallest absolute Gasteiger partial charge is 0.377 e. The van der Waals surface area contributed by atoms with E-state index in [1.54, 1.807) is 16.9 Å². The third-order valence-electron chi connectivity index (χ3n) is 2.99. The lowest BCUT2D eigenvalue weighted by Crippen LogP contribution is -2.11. The first-order chi connectivity index (χ1) is 9.91. The van der Waals surface area contributed by atoms with E-state index < -0.39 is 17.6 Å². The summed E-state index contributed by atoms with van der Waals surface area (Å²) in [5.74, 6) is -0.718. The first-order valence-electron chi connectivity index (χ1n) is 6.53.